The van der Waals surface area contributed by atoms with E-state index < -0.39 is 5.85 Å². The van der Waals surface area contributed by atoms with Crippen LogP contribution in [0.5, 0.6) is 0 Å². The number of rotatable bonds is 4. The Labute approximate surface area is 77.5 Å². The Morgan fingerprint density at radius 2 is 2.00 bits per heavy atom. The fourth-order valence-electron chi connectivity index (χ4n) is 1.13. The van der Waals surface area contributed by atoms with Gasteiger partial charge in [-0.3, -0.25) is 0 Å². The third kappa shape index (κ3) is 2.79. The van der Waals surface area contributed by atoms with Crippen molar-refractivity contribution in [1.82, 2.24) is 0 Å². The quantitative estimate of drug-likeness (QED) is 0.767. The fourth-order valence-corrected chi connectivity index (χ4v) is 1.13. The number of benzene rings is 1. The van der Waals surface area contributed by atoms with Gasteiger partial charge < -0.3 is 10.5 Å². The van der Waals surface area contributed by atoms with Gasteiger partial charge in [-0.05, 0) is 5.56 Å². The maximum absolute atomic E-state index is 13.6. The number of hydrogen-bond acceptors (Lipinski definition) is 2. The second kappa shape index (κ2) is 4.35. The van der Waals surface area contributed by atoms with Gasteiger partial charge in [-0.25, -0.2) is 4.39 Å². The SMILES string of the molecule is COC(F)(CN)Cc1ccccc1. The van der Waals surface area contributed by atoms with E-state index in [9.17, 15) is 4.39 Å². The van der Waals surface area contributed by atoms with E-state index in [1.54, 1.807) is 0 Å². The van der Waals surface area contributed by atoms with Crippen molar-refractivity contribution in [3.63, 3.8) is 0 Å². The Morgan fingerprint density at radius 1 is 1.38 bits per heavy atom. The van der Waals surface area contributed by atoms with E-state index in [1.165, 1.54) is 7.11 Å². The van der Waals surface area contributed by atoms with Crippen LogP contribution in [0.25, 0.3) is 0 Å². The molecule has 0 radical (unpaired) electrons. The molecule has 72 valence electrons. The van der Waals surface area contributed by atoms with Gasteiger partial charge in [0.2, 0.25) is 5.85 Å². The molecule has 0 aromatic heterocycles. The zero-order valence-electron chi connectivity index (χ0n) is 7.66. The van der Waals surface area contributed by atoms with E-state index in [1.807, 2.05) is 30.3 Å². The molecule has 0 aliphatic heterocycles. The van der Waals surface area contributed by atoms with E-state index in [0.717, 1.165) is 5.56 Å². The first-order valence-corrected chi connectivity index (χ1v) is 4.18. The van der Waals surface area contributed by atoms with Crippen LogP contribution < -0.4 is 5.73 Å². The van der Waals surface area contributed by atoms with E-state index in [2.05, 4.69) is 0 Å². The molecule has 0 aliphatic rings. The highest BCUT2D eigenvalue weighted by atomic mass is 19.2. The number of halogens is 1. The van der Waals surface area contributed by atoms with Gasteiger partial charge in [0.1, 0.15) is 0 Å². The number of nitrogens with two attached hydrogens (primary N) is 1. The molecule has 0 spiro atoms. The van der Waals surface area contributed by atoms with Gasteiger partial charge in [0.15, 0.2) is 0 Å². The van der Waals surface area contributed by atoms with Crippen LogP contribution in [0.4, 0.5) is 4.39 Å². The molecule has 0 saturated heterocycles. The summed E-state index contributed by atoms with van der Waals surface area (Å²) < 4.78 is 18.3. The van der Waals surface area contributed by atoms with Crippen LogP contribution in [0.15, 0.2) is 30.3 Å². The minimum atomic E-state index is -1.73. The van der Waals surface area contributed by atoms with Crippen LogP contribution in [0.1, 0.15) is 5.56 Å². The number of ether oxygens (including phenoxy) is 1. The summed E-state index contributed by atoms with van der Waals surface area (Å²) in [5.74, 6) is -1.73. The second-order valence-electron chi connectivity index (χ2n) is 2.95. The summed E-state index contributed by atoms with van der Waals surface area (Å²) in [6.45, 7) is -0.127. The Kier molecular flexibility index (Phi) is 3.39. The minimum Gasteiger partial charge on any atom is -0.348 e. The molecule has 1 unspecified atom stereocenters. The van der Waals surface area contributed by atoms with Crippen molar-refractivity contribution < 1.29 is 9.13 Å². The summed E-state index contributed by atoms with van der Waals surface area (Å²) in [7, 11) is 1.33. The molecule has 2 N–H and O–H groups in total. The Balaban J connectivity index is 2.68. The lowest BCUT2D eigenvalue weighted by Gasteiger charge is -2.21. The minimum absolute atomic E-state index is 0.127. The molecule has 3 heteroatoms. The maximum Gasteiger partial charge on any atom is 0.225 e. The molecule has 0 heterocycles. The summed E-state index contributed by atoms with van der Waals surface area (Å²) >= 11 is 0. The molecule has 0 aliphatic carbocycles. The topological polar surface area (TPSA) is 35.2 Å². The molecular formula is C10H14FNO. The number of hydrogen-bond donors (Lipinski definition) is 1. The van der Waals surface area contributed by atoms with Crippen molar-refractivity contribution in [3.05, 3.63) is 35.9 Å². The fraction of sp³-hybridized carbons (Fsp3) is 0.400. The molecule has 0 bridgehead atoms. The zero-order valence-corrected chi connectivity index (χ0v) is 7.66. The van der Waals surface area contributed by atoms with Crippen LogP contribution >= 0.6 is 0 Å². The Bertz CT molecular complexity index is 246. The monoisotopic (exact) mass is 183 g/mol. The van der Waals surface area contributed by atoms with Gasteiger partial charge in [-0.1, -0.05) is 30.3 Å². The van der Waals surface area contributed by atoms with Gasteiger partial charge in [0.25, 0.3) is 0 Å². The predicted octanol–water partition coefficient (Wildman–Crippen LogP) is 1.50. The summed E-state index contributed by atoms with van der Waals surface area (Å²) in [6.07, 6.45) is 0.195. The van der Waals surface area contributed by atoms with E-state index in [-0.39, 0.29) is 13.0 Å². The second-order valence-corrected chi connectivity index (χ2v) is 2.95. The van der Waals surface area contributed by atoms with Crippen molar-refractivity contribution >= 4 is 0 Å². The average molecular weight is 183 g/mol. The van der Waals surface area contributed by atoms with E-state index >= 15 is 0 Å². The molecule has 0 fully saturated rings. The van der Waals surface area contributed by atoms with Gasteiger partial charge in [-0.2, -0.15) is 0 Å². The van der Waals surface area contributed by atoms with Crippen LogP contribution in [0, 0.1) is 0 Å². The van der Waals surface area contributed by atoms with Crippen LogP contribution in [-0.2, 0) is 11.2 Å². The molecule has 1 rings (SSSR count). The largest absolute Gasteiger partial charge is 0.348 e. The van der Waals surface area contributed by atoms with Gasteiger partial charge in [0, 0.05) is 13.5 Å². The summed E-state index contributed by atoms with van der Waals surface area (Å²) in [5, 5.41) is 0. The van der Waals surface area contributed by atoms with Crippen molar-refractivity contribution in [2.75, 3.05) is 13.7 Å². The molecule has 2 nitrogen and oxygen atoms in total. The van der Waals surface area contributed by atoms with Crippen LogP contribution in [-0.4, -0.2) is 19.5 Å². The predicted molar refractivity (Wildman–Crippen MR) is 50.0 cm³/mol. The molecule has 0 saturated carbocycles. The lowest BCUT2D eigenvalue weighted by atomic mass is 10.1. The summed E-state index contributed by atoms with van der Waals surface area (Å²) in [6, 6.07) is 9.31. The summed E-state index contributed by atoms with van der Waals surface area (Å²) in [5.41, 5.74) is 6.15. The Morgan fingerprint density at radius 3 is 2.46 bits per heavy atom. The highest BCUT2D eigenvalue weighted by Gasteiger charge is 2.27. The normalized spacial score (nSPS) is 15.3. The highest BCUT2D eigenvalue weighted by molar-refractivity contribution is 5.16. The number of alkyl halides is 1. The van der Waals surface area contributed by atoms with Crippen molar-refractivity contribution in [2.45, 2.75) is 12.3 Å². The lowest BCUT2D eigenvalue weighted by Crippen LogP contribution is -2.37. The smallest absolute Gasteiger partial charge is 0.225 e. The standard InChI is InChI=1S/C10H14FNO/c1-13-10(11,8-12)7-9-5-3-2-4-6-9/h2-6H,7-8,12H2,1H3. The first kappa shape index (κ1) is 10.2. The molecule has 13 heavy (non-hydrogen) atoms. The summed E-state index contributed by atoms with van der Waals surface area (Å²) in [4.78, 5) is 0. The molecule has 0 amide bonds. The molecule has 1 aromatic carbocycles. The maximum atomic E-state index is 13.6. The molecule has 1 aromatic rings. The number of methoxy groups -OCH3 is 1. The molecule has 1 atom stereocenters. The van der Waals surface area contributed by atoms with Gasteiger partial charge in [-0.15, -0.1) is 0 Å². The first-order valence-electron chi connectivity index (χ1n) is 4.18. The van der Waals surface area contributed by atoms with Crippen LogP contribution in [0.3, 0.4) is 0 Å². The third-order valence-electron chi connectivity index (χ3n) is 1.98. The van der Waals surface area contributed by atoms with Crippen molar-refractivity contribution in [1.29, 1.82) is 0 Å². The first-order chi connectivity index (χ1) is 6.20. The van der Waals surface area contributed by atoms with Crippen molar-refractivity contribution in [3.8, 4) is 0 Å². The van der Waals surface area contributed by atoms with E-state index in [4.69, 9.17) is 10.5 Å². The third-order valence-corrected chi connectivity index (χ3v) is 1.98. The lowest BCUT2D eigenvalue weighted by molar-refractivity contribution is -0.111. The zero-order chi connectivity index (χ0) is 9.73. The van der Waals surface area contributed by atoms with E-state index in [0.29, 0.717) is 0 Å². The molecular weight excluding hydrogens is 169 g/mol. The van der Waals surface area contributed by atoms with Gasteiger partial charge >= 0.3 is 0 Å². The van der Waals surface area contributed by atoms with Crippen molar-refractivity contribution in [2.24, 2.45) is 5.73 Å². The highest BCUT2D eigenvalue weighted by Crippen LogP contribution is 2.17. The Hall–Kier alpha value is -0.930. The van der Waals surface area contributed by atoms with Crippen LogP contribution in [0.2, 0.25) is 0 Å². The average Bonchev–Trinajstić information content (AvgIpc) is 2.19. The van der Waals surface area contributed by atoms with Gasteiger partial charge in [0.05, 0.1) is 6.54 Å².